The van der Waals surface area contributed by atoms with Gasteiger partial charge in [0.15, 0.2) is 5.82 Å². The van der Waals surface area contributed by atoms with Crippen molar-refractivity contribution in [3.63, 3.8) is 0 Å². The first-order chi connectivity index (χ1) is 8.83. The maximum Gasteiger partial charge on any atom is 0.151 e. The molecule has 4 heteroatoms. The molecule has 18 heavy (non-hydrogen) atoms. The van der Waals surface area contributed by atoms with E-state index in [1.54, 1.807) is 26.6 Å². The molecule has 0 spiro atoms. The number of rotatable bonds is 4. The maximum atomic E-state index is 5.28. The number of aromatic nitrogens is 1. The Hall–Kier alpha value is -2.36. The molecular formula is C14H14N2O2. The van der Waals surface area contributed by atoms with Crippen LogP contribution >= 0.6 is 0 Å². The lowest BCUT2D eigenvalue weighted by Crippen LogP contribution is -1.92. The van der Waals surface area contributed by atoms with Gasteiger partial charge >= 0.3 is 0 Å². The molecule has 2 rings (SSSR count). The quantitative estimate of drug-likeness (QED) is 0.774. The zero-order valence-electron chi connectivity index (χ0n) is 10.3. The molecule has 4 nitrogen and oxygen atoms in total. The van der Waals surface area contributed by atoms with Crippen molar-refractivity contribution in [2.24, 2.45) is 4.99 Å². The standard InChI is InChI=1S/C14H14N2O2/c1-17-12-7-6-11(13(9-12)18-2)10-16-14-5-3-4-8-15-14/h3-10H,1-2H3. The van der Waals surface area contributed by atoms with Gasteiger partial charge in [0.25, 0.3) is 0 Å². The van der Waals surface area contributed by atoms with E-state index in [1.165, 1.54) is 0 Å². The lowest BCUT2D eigenvalue weighted by atomic mass is 10.2. The van der Waals surface area contributed by atoms with Crippen LogP contribution in [0.3, 0.4) is 0 Å². The van der Waals surface area contributed by atoms with E-state index < -0.39 is 0 Å². The van der Waals surface area contributed by atoms with E-state index >= 15 is 0 Å². The third-order valence-corrected chi connectivity index (χ3v) is 2.43. The molecule has 1 heterocycles. The summed E-state index contributed by atoms with van der Waals surface area (Å²) in [7, 11) is 3.24. The van der Waals surface area contributed by atoms with Crippen LogP contribution in [0.1, 0.15) is 5.56 Å². The third-order valence-electron chi connectivity index (χ3n) is 2.43. The topological polar surface area (TPSA) is 43.7 Å². The summed E-state index contributed by atoms with van der Waals surface area (Å²) in [4.78, 5) is 8.40. The molecule has 0 aliphatic rings. The molecule has 0 atom stereocenters. The molecule has 0 bridgehead atoms. The van der Waals surface area contributed by atoms with Crippen LogP contribution in [0.25, 0.3) is 0 Å². The average molecular weight is 242 g/mol. The Balaban J connectivity index is 2.26. The van der Waals surface area contributed by atoms with Crippen molar-refractivity contribution in [3.8, 4) is 11.5 Å². The second kappa shape index (κ2) is 5.82. The monoisotopic (exact) mass is 242 g/mol. The van der Waals surface area contributed by atoms with Crippen molar-refractivity contribution >= 4 is 12.0 Å². The Morgan fingerprint density at radius 3 is 2.67 bits per heavy atom. The van der Waals surface area contributed by atoms with Gasteiger partial charge in [-0.1, -0.05) is 6.07 Å². The van der Waals surface area contributed by atoms with Gasteiger partial charge in [0.05, 0.1) is 14.2 Å². The number of hydrogen-bond acceptors (Lipinski definition) is 4. The number of benzene rings is 1. The number of ether oxygens (including phenoxy) is 2. The van der Waals surface area contributed by atoms with Crippen LogP contribution in [0.15, 0.2) is 47.6 Å². The molecule has 1 aromatic heterocycles. The smallest absolute Gasteiger partial charge is 0.151 e. The highest BCUT2D eigenvalue weighted by molar-refractivity contribution is 5.85. The first kappa shape index (κ1) is 12.1. The molecule has 1 aromatic carbocycles. The number of pyridine rings is 1. The molecule has 0 aliphatic heterocycles. The van der Waals surface area contributed by atoms with Gasteiger partial charge in [-0.05, 0) is 24.3 Å². The van der Waals surface area contributed by atoms with Crippen LogP contribution in [-0.2, 0) is 0 Å². The summed E-state index contributed by atoms with van der Waals surface area (Å²) in [6.45, 7) is 0. The minimum Gasteiger partial charge on any atom is -0.497 e. The van der Waals surface area contributed by atoms with E-state index in [-0.39, 0.29) is 0 Å². The summed E-state index contributed by atoms with van der Waals surface area (Å²) in [5, 5.41) is 0. The Labute approximate surface area is 106 Å². The lowest BCUT2D eigenvalue weighted by molar-refractivity contribution is 0.394. The van der Waals surface area contributed by atoms with Gasteiger partial charge in [0.2, 0.25) is 0 Å². The third kappa shape index (κ3) is 2.85. The summed E-state index contributed by atoms with van der Waals surface area (Å²) < 4.78 is 10.4. The Kier molecular flexibility index (Phi) is 3.91. The second-order valence-electron chi connectivity index (χ2n) is 3.55. The normalized spacial score (nSPS) is 10.6. The van der Waals surface area contributed by atoms with Crippen LogP contribution in [0.2, 0.25) is 0 Å². The average Bonchev–Trinajstić information content (AvgIpc) is 2.46. The number of nitrogens with zero attached hydrogens (tertiary/aromatic N) is 2. The van der Waals surface area contributed by atoms with E-state index in [4.69, 9.17) is 9.47 Å². The highest BCUT2D eigenvalue weighted by atomic mass is 16.5. The number of hydrogen-bond donors (Lipinski definition) is 0. The SMILES string of the molecule is COc1ccc(C=Nc2ccccn2)c(OC)c1. The van der Waals surface area contributed by atoms with Crippen LogP contribution in [0.5, 0.6) is 11.5 Å². The van der Waals surface area contributed by atoms with E-state index in [1.807, 2.05) is 36.4 Å². The number of aliphatic imine (C=N–C) groups is 1. The minimum atomic E-state index is 0.662. The van der Waals surface area contributed by atoms with Crippen molar-refractivity contribution in [1.29, 1.82) is 0 Å². The van der Waals surface area contributed by atoms with Gasteiger partial charge in [-0.2, -0.15) is 0 Å². The Morgan fingerprint density at radius 2 is 2.00 bits per heavy atom. The zero-order valence-corrected chi connectivity index (χ0v) is 10.3. The molecule has 0 amide bonds. The summed E-state index contributed by atoms with van der Waals surface area (Å²) in [5.41, 5.74) is 0.879. The van der Waals surface area contributed by atoms with Crippen LogP contribution in [0, 0.1) is 0 Å². The molecule has 0 saturated heterocycles. The molecule has 92 valence electrons. The van der Waals surface area contributed by atoms with Gasteiger partial charge in [0.1, 0.15) is 11.5 Å². The van der Waals surface area contributed by atoms with Crippen molar-refractivity contribution < 1.29 is 9.47 Å². The van der Waals surface area contributed by atoms with Crippen molar-refractivity contribution in [2.45, 2.75) is 0 Å². The Bertz CT molecular complexity index is 539. The van der Waals surface area contributed by atoms with Gasteiger partial charge in [0, 0.05) is 24.0 Å². The fraction of sp³-hybridized carbons (Fsp3) is 0.143. The molecule has 0 N–H and O–H groups in total. The van der Waals surface area contributed by atoms with Gasteiger partial charge < -0.3 is 9.47 Å². The van der Waals surface area contributed by atoms with Gasteiger partial charge in [-0.15, -0.1) is 0 Å². The zero-order chi connectivity index (χ0) is 12.8. The highest BCUT2D eigenvalue weighted by Crippen LogP contribution is 2.23. The summed E-state index contributed by atoms with van der Waals surface area (Å²) in [6.07, 6.45) is 3.43. The van der Waals surface area contributed by atoms with Crippen LogP contribution in [0.4, 0.5) is 5.82 Å². The highest BCUT2D eigenvalue weighted by Gasteiger charge is 2.02. The van der Waals surface area contributed by atoms with Crippen molar-refractivity contribution in [3.05, 3.63) is 48.2 Å². The maximum absolute atomic E-state index is 5.28. The predicted octanol–water partition coefficient (Wildman–Crippen LogP) is 2.85. The predicted molar refractivity (Wildman–Crippen MR) is 71.0 cm³/mol. The second-order valence-corrected chi connectivity index (χ2v) is 3.55. The lowest BCUT2D eigenvalue weighted by Gasteiger charge is -2.06. The van der Waals surface area contributed by atoms with Crippen molar-refractivity contribution in [2.75, 3.05) is 14.2 Å². The molecule has 0 radical (unpaired) electrons. The fourth-order valence-electron chi connectivity index (χ4n) is 1.49. The van der Waals surface area contributed by atoms with Gasteiger partial charge in [-0.25, -0.2) is 9.98 Å². The Morgan fingerprint density at radius 1 is 1.11 bits per heavy atom. The van der Waals surface area contributed by atoms with Crippen LogP contribution in [-0.4, -0.2) is 25.4 Å². The molecule has 0 saturated carbocycles. The van der Waals surface area contributed by atoms with Gasteiger partial charge in [-0.3, -0.25) is 0 Å². The first-order valence-electron chi connectivity index (χ1n) is 5.50. The summed E-state index contributed by atoms with van der Waals surface area (Å²) in [6, 6.07) is 11.2. The molecule has 0 fully saturated rings. The van der Waals surface area contributed by atoms with Crippen LogP contribution < -0.4 is 9.47 Å². The molecule has 0 aliphatic carbocycles. The molecular weight excluding hydrogens is 228 g/mol. The van der Waals surface area contributed by atoms with Crippen molar-refractivity contribution in [1.82, 2.24) is 4.98 Å². The van der Waals surface area contributed by atoms with E-state index in [0.29, 0.717) is 11.6 Å². The summed E-state index contributed by atoms with van der Waals surface area (Å²) >= 11 is 0. The summed E-state index contributed by atoms with van der Waals surface area (Å²) in [5.74, 6) is 2.13. The number of methoxy groups -OCH3 is 2. The van der Waals surface area contributed by atoms with E-state index in [9.17, 15) is 0 Å². The fourth-order valence-corrected chi connectivity index (χ4v) is 1.49. The first-order valence-corrected chi connectivity index (χ1v) is 5.50. The molecule has 2 aromatic rings. The largest absolute Gasteiger partial charge is 0.497 e. The molecule has 0 unspecified atom stereocenters. The van der Waals surface area contributed by atoms with E-state index in [0.717, 1.165) is 11.3 Å². The minimum absolute atomic E-state index is 0.662. The van der Waals surface area contributed by atoms with E-state index in [2.05, 4.69) is 9.98 Å².